The number of aryl methyl sites for hydroxylation is 1. The number of carbonyl (C=O) groups excluding carboxylic acids is 1. The fraction of sp³-hybridized carbons (Fsp3) is 0.0455. The number of carbonyl (C=O) groups is 1. The van der Waals surface area contributed by atoms with Crippen LogP contribution < -0.4 is 10.9 Å². The average molecular weight is 390 g/mol. The number of anilines is 1. The number of fused-ring (bicyclic) bond motifs is 1. The van der Waals surface area contributed by atoms with Crippen molar-refractivity contribution in [3.63, 3.8) is 0 Å². The quantitative estimate of drug-likeness (QED) is 0.557. The molecule has 0 atom stereocenters. The standard InChI is InChI=1S/C22H16ClN3O2/c1-14-13-15(23)11-12-19(14)24-21(27)20-17-9-5-6-10-18(17)22(28)26(25-20)16-7-3-2-4-8-16/h2-13H,1H3,(H,24,27). The summed E-state index contributed by atoms with van der Waals surface area (Å²) in [6, 6.07) is 21.2. The summed E-state index contributed by atoms with van der Waals surface area (Å²) in [5, 5.41) is 8.78. The molecule has 0 saturated heterocycles. The smallest absolute Gasteiger partial charge is 0.279 e. The molecule has 6 heteroatoms. The van der Waals surface area contributed by atoms with Crippen molar-refractivity contribution >= 4 is 34.0 Å². The Bertz CT molecular complexity index is 1250. The summed E-state index contributed by atoms with van der Waals surface area (Å²) >= 11 is 5.99. The fourth-order valence-electron chi connectivity index (χ4n) is 3.05. The van der Waals surface area contributed by atoms with Crippen LogP contribution in [0.15, 0.2) is 77.6 Å². The van der Waals surface area contributed by atoms with Crippen LogP contribution in [0.4, 0.5) is 5.69 Å². The Balaban J connectivity index is 1.87. The molecule has 4 rings (SSSR count). The van der Waals surface area contributed by atoms with E-state index >= 15 is 0 Å². The molecular formula is C22H16ClN3O2. The topological polar surface area (TPSA) is 64.0 Å². The number of nitrogens with zero attached hydrogens (tertiary/aromatic N) is 2. The van der Waals surface area contributed by atoms with E-state index < -0.39 is 5.91 Å². The molecule has 1 amide bonds. The maximum atomic E-state index is 13.0. The third kappa shape index (κ3) is 3.28. The molecule has 0 saturated carbocycles. The minimum absolute atomic E-state index is 0.174. The predicted molar refractivity (Wildman–Crippen MR) is 111 cm³/mol. The Kier molecular flexibility index (Phi) is 4.67. The number of benzene rings is 3. The van der Waals surface area contributed by atoms with Gasteiger partial charge in [0.05, 0.1) is 11.1 Å². The van der Waals surface area contributed by atoms with Crippen molar-refractivity contribution in [2.75, 3.05) is 5.32 Å². The molecule has 0 aliphatic heterocycles. The van der Waals surface area contributed by atoms with Crippen molar-refractivity contribution in [1.29, 1.82) is 0 Å². The normalized spacial score (nSPS) is 10.8. The largest absolute Gasteiger partial charge is 0.320 e. The zero-order valence-corrected chi connectivity index (χ0v) is 15.8. The van der Waals surface area contributed by atoms with Gasteiger partial charge in [0, 0.05) is 16.1 Å². The van der Waals surface area contributed by atoms with Gasteiger partial charge in [-0.2, -0.15) is 9.78 Å². The molecule has 0 bridgehead atoms. The summed E-state index contributed by atoms with van der Waals surface area (Å²) in [7, 11) is 0. The van der Waals surface area contributed by atoms with E-state index in [9.17, 15) is 9.59 Å². The van der Waals surface area contributed by atoms with Crippen molar-refractivity contribution in [3.05, 3.63) is 99.4 Å². The number of hydrogen-bond acceptors (Lipinski definition) is 3. The van der Waals surface area contributed by atoms with Crippen LogP contribution in [0.25, 0.3) is 16.5 Å². The minimum atomic E-state index is -0.397. The van der Waals surface area contributed by atoms with E-state index in [2.05, 4.69) is 10.4 Å². The van der Waals surface area contributed by atoms with Crippen molar-refractivity contribution in [2.24, 2.45) is 0 Å². The summed E-state index contributed by atoms with van der Waals surface area (Å²) in [6.07, 6.45) is 0. The minimum Gasteiger partial charge on any atom is -0.320 e. The highest BCUT2D eigenvalue weighted by Crippen LogP contribution is 2.21. The number of amides is 1. The SMILES string of the molecule is Cc1cc(Cl)ccc1NC(=O)c1nn(-c2ccccc2)c(=O)c2ccccc12. The second-order valence-corrected chi connectivity index (χ2v) is 6.80. The van der Waals surface area contributed by atoms with Crippen LogP contribution in [0.1, 0.15) is 16.1 Å². The van der Waals surface area contributed by atoms with Crippen LogP contribution in [0, 0.1) is 6.92 Å². The predicted octanol–water partition coefficient (Wildman–Crippen LogP) is 4.60. The Morgan fingerprint density at radius 2 is 1.64 bits per heavy atom. The van der Waals surface area contributed by atoms with Gasteiger partial charge in [-0.05, 0) is 48.9 Å². The van der Waals surface area contributed by atoms with Gasteiger partial charge >= 0.3 is 0 Å². The van der Waals surface area contributed by atoms with Crippen molar-refractivity contribution in [2.45, 2.75) is 6.92 Å². The lowest BCUT2D eigenvalue weighted by atomic mass is 10.1. The summed E-state index contributed by atoms with van der Waals surface area (Å²) in [5.41, 5.74) is 1.96. The van der Waals surface area contributed by atoms with Crippen LogP contribution in [0.5, 0.6) is 0 Å². The summed E-state index contributed by atoms with van der Waals surface area (Å²) in [6.45, 7) is 1.86. The van der Waals surface area contributed by atoms with Gasteiger partial charge in [-0.1, -0.05) is 48.0 Å². The molecule has 0 unspecified atom stereocenters. The van der Waals surface area contributed by atoms with Crippen LogP contribution in [0.2, 0.25) is 5.02 Å². The summed E-state index contributed by atoms with van der Waals surface area (Å²) in [5.74, 6) is -0.397. The molecule has 3 aromatic carbocycles. The van der Waals surface area contributed by atoms with Gasteiger partial charge in [0.15, 0.2) is 5.69 Å². The molecule has 1 heterocycles. The molecule has 138 valence electrons. The van der Waals surface area contributed by atoms with E-state index in [1.165, 1.54) is 4.68 Å². The molecule has 1 N–H and O–H groups in total. The van der Waals surface area contributed by atoms with Crippen LogP contribution in [0.3, 0.4) is 0 Å². The molecular weight excluding hydrogens is 374 g/mol. The first-order chi connectivity index (χ1) is 13.5. The Labute approximate surface area is 166 Å². The highest BCUT2D eigenvalue weighted by atomic mass is 35.5. The number of para-hydroxylation sites is 1. The number of nitrogens with one attached hydrogen (secondary N) is 1. The Morgan fingerprint density at radius 3 is 2.36 bits per heavy atom. The molecule has 0 fully saturated rings. The van der Waals surface area contributed by atoms with Gasteiger partial charge in [0.1, 0.15) is 0 Å². The number of hydrogen-bond donors (Lipinski definition) is 1. The maximum absolute atomic E-state index is 13.0. The lowest BCUT2D eigenvalue weighted by Gasteiger charge is -2.12. The number of rotatable bonds is 3. The third-order valence-electron chi connectivity index (χ3n) is 4.46. The van der Waals surface area contributed by atoms with E-state index in [1.807, 2.05) is 25.1 Å². The zero-order chi connectivity index (χ0) is 19.7. The van der Waals surface area contributed by atoms with Crippen molar-refractivity contribution in [1.82, 2.24) is 9.78 Å². The number of aromatic nitrogens is 2. The van der Waals surface area contributed by atoms with Crippen molar-refractivity contribution < 1.29 is 4.79 Å². The van der Waals surface area contributed by atoms with Gasteiger partial charge in [-0.25, -0.2) is 0 Å². The molecule has 4 aromatic rings. The summed E-state index contributed by atoms with van der Waals surface area (Å²) < 4.78 is 1.26. The first kappa shape index (κ1) is 17.9. The van der Waals surface area contributed by atoms with E-state index in [0.29, 0.717) is 27.2 Å². The first-order valence-corrected chi connectivity index (χ1v) is 9.07. The highest BCUT2D eigenvalue weighted by Gasteiger charge is 2.18. The lowest BCUT2D eigenvalue weighted by molar-refractivity contribution is 0.102. The van der Waals surface area contributed by atoms with E-state index in [1.54, 1.807) is 54.6 Å². The van der Waals surface area contributed by atoms with Gasteiger partial charge < -0.3 is 5.32 Å². The molecule has 0 spiro atoms. The van der Waals surface area contributed by atoms with Crippen molar-refractivity contribution in [3.8, 4) is 5.69 Å². The Hall–Kier alpha value is -3.44. The lowest BCUT2D eigenvalue weighted by Crippen LogP contribution is -2.26. The second kappa shape index (κ2) is 7.29. The molecule has 0 aliphatic carbocycles. The van der Waals surface area contributed by atoms with E-state index in [-0.39, 0.29) is 11.3 Å². The molecule has 5 nitrogen and oxygen atoms in total. The zero-order valence-electron chi connectivity index (χ0n) is 15.0. The monoisotopic (exact) mass is 389 g/mol. The van der Waals surface area contributed by atoms with E-state index in [4.69, 9.17) is 11.6 Å². The fourth-order valence-corrected chi connectivity index (χ4v) is 3.28. The molecule has 1 aromatic heterocycles. The van der Waals surface area contributed by atoms with Crippen LogP contribution in [-0.2, 0) is 0 Å². The van der Waals surface area contributed by atoms with Gasteiger partial charge in [0.2, 0.25) is 0 Å². The Morgan fingerprint density at radius 1 is 0.964 bits per heavy atom. The second-order valence-electron chi connectivity index (χ2n) is 6.36. The first-order valence-electron chi connectivity index (χ1n) is 8.69. The molecule has 0 radical (unpaired) electrons. The van der Waals surface area contributed by atoms with Gasteiger partial charge in [-0.15, -0.1) is 0 Å². The average Bonchev–Trinajstić information content (AvgIpc) is 2.71. The van der Waals surface area contributed by atoms with Gasteiger partial charge in [-0.3, -0.25) is 9.59 Å². The highest BCUT2D eigenvalue weighted by molar-refractivity contribution is 6.30. The van der Waals surface area contributed by atoms with Crippen LogP contribution >= 0.6 is 11.6 Å². The summed E-state index contributed by atoms with van der Waals surface area (Å²) in [4.78, 5) is 25.9. The maximum Gasteiger partial charge on any atom is 0.279 e. The number of halogens is 1. The molecule has 0 aliphatic rings. The van der Waals surface area contributed by atoms with Crippen LogP contribution in [-0.4, -0.2) is 15.7 Å². The van der Waals surface area contributed by atoms with E-state index in [0.717, 1.165) is 5.56 Å². The van der Waals surface area contributed by atoms with Gasteiger partial charge in [0.25, 0.3) is 11.5 Å². The third-order valence-corrected chi connectivity index (χ3v) is 4.69. The molecule has 28 heavy (non-hydrogen) atoms.